The summed E-state index contributed by atoms with van der Waals surface area (Å²) in [6, 6.07) is -0.236. The van der Waals surface area contributed by atoms with Gasteiger partial charge in [-0.15, -0.1) is 0 Å². The predicted octanol–water partition coefficient (Wildman–Crippen LogP) is 6.12. The molecule has 0 aromatic carbocycles. The monoisotopic (exact) mass is 840 g/mol. The van der Waals surface area contributed by atoms with Crippen LogP contribution in [0.2, 0.25) is 37.8 Å². The van der Waals surface area contributed by atoms with Crippen LogP contribution in [0.15, 0.2) is 40.4 Å². The van der Waals surface area contributed by atoms with Crippen molar-refractivity contribution in [3.8, 4) is 0 Å². The number of ether oxygens (including phenoxy) is 1. The largest absolute Gasteiger partial charge is 0.460 e. The fourth-order valence-electron chi connectivity index (χ4n) is 7.88. The molecule has 14 heteroatoms. The topological polar surface area (TPSA) is 135 Å². The van der Waals surface area contributed by atoms with Crippen molar-refractivity contribution >= 4 is 45.3 Å². The highest BCUT2D eigenvalue weighted by Crippen LogP contribution is 2.38. The quantitative estimate of drug-likeness (QED) is 0.253. The Hall–Kier alpha value is -3.18. The first kappa shape index (κ1) is 47.5. The van der Waals surface area contributed by atoms with Crippen LogP contribution in [0.1, 0.15) is 90.0 Å². The van der Waals surface area contributed by atoms with Crippen LogP contribution in [-0.4, -0.2) is 131 Å². The number of fused-ring (bicyclic) bond motifs is 3. The summed E-state index contributed by atoms with van der Waals surface area (Å²) >= 11 is 0. The Morgan fingerprint density at radius 1 is 1.02 bits per heavy atom. The van der Waals surface area contributed by atoms with Crippen LogP contribution in [0.5, 0.6) is 0 Å². The maximum absolute atomic E-state index is 14.5. The Kier molecular flexibility index (Phi) is 16.3. The van der Waals surface area contributed by atoms with Crippen molar-refractivity contribution in [1.29, 1.82) is 0 Å². The first-order chi connectivity index (χ1) is 27.0. The van der Waals surface area contributed by atoms with Gasteiger partial charge in [0.05, 0.1) is 12.5 Å². The molecule has 3 aliphatic heterocycles. The summed E-state index contributed by atoms with van der Waals surface area (Å²) in [6.07, 6.45) is 11.4. The number of aromatic nitrogens is 1. The summed E-state index contributed by atoms with van der Waals surface area (Å²) in [5.74, 6) is -1.30. The summed E-state index contributed by atoms with van der Waals surface area (Å²) in [6.45, 7) is 26.5. The minimum atomic E-state index is -2.28. The first-order valence-electron chi connectivity index (χ1n) is 21.4. The predicted molar refractivity (Wildman–Crippen MR) is 235 cm³/mol. The second-order valence-electron chi connectivity index (χ2n) is 19.7. The van der Waals surface area contributed by atoms with E-state index in [1.165, 1.54) is 6.08 Å². The van der Waals surface area contributed by atoms with Gasteiger partial charge in [-0.3, -0.25) is 14.4 Å². The molecule has 3 aliphatic rings. The first-order valence-corrected chi connectivity index (χ1v) is 27.8. The second-order valence-corrected chi connectivity index (χ2v) is 29.4. The molecule has 0 aliphatic carbocycles. The number of nitrogens with zero attached hydrogens (tertiary/aromatic N) is 4. The third-order valence-corrected chi connectivity index (χ3v) is 18.5. The van der Waals surface area contributed by atoms with E-state index >= 15 is 0 Å². The zero-order valence-corrected chi connectivity index (χ0v) is 39.8. The van der Waals surface area contributed by atoms with Gasteiger partial charge >= 0.3 is 5.97 Å². The van der Waals surface area contributed by atoms with Crippen LogP contribution in [0.4, 0.5) is 0 Å². The van der Waals surface area contributed by atoms with Gasteiger partial charge in [-0.2, -0.15) is 0 Å². The van der Waals surface area contributed by atoms with E-state index in [2.05, 4.69) is 89.6 Å². The molecule has 2 amide bonds. The number of piperidine rings is 1. The summed E-state index contributed by atoms with van der Waals surface area (Å²) in [5, 5.41) is 3.37. The summed E-state index contributed by atoms with van der Waals surface area (Å²) in [4.78, 5) is 66.5. The highest BCUT2D eigenvalue weighted by atomic mass is 28.4. The van der Waals surface area contributed by atoms with Gasteiger partial charge in [-0.1, -0.05) is 84.1 Å². The Morgan fingerprint density at radius 3 is 2.31 bits per heavy atom. The number of amides is 2. The lowest BCUT2D eigenvalue weighted by molar-refractivity contribution is -0.158. The Balaban J connectivity index is 1.69. The third-order valence-electron chi connectivity index (χ3n) is 12.3. The number of rotatable bonds is 7. The van der Waals surface area contributed by atoms with Crippen molar-refractivity contribution in [3.05, 3.63) is 47.5 Å². The van der Waals surface area contributed by atoms with Gasteiger partial charge in [-0.25, -0.2) is 9.78 Å². The number of hydrogen-bond donors (Lipinski definition) is 1. The Morgan fingerprint density at radius 2 is 1.69 bits per heavy atom. The molecule has 2 saturated heterocycles. The number of nitrogens with one attached hydrogen (secondary N) is 1. The minimum absolute atomic E-state index is 0.0427. The lowest BCUT2D eigenvalue weighted by atomic mass is 9.91. The average molecular weight is 840 g/mol. The number of hydrogen-bond acceptors (Lipinski definition) is 10. The maximum atomic E-state index is 14.5. The molecular formula is C44H73N5O7Si2. The highest BCUT2D eigenvalue weighted by molar-refractivity contribution is 6.88. The van der Waals surface area contributed by atoms with E-state index in [1.807, 2.05) is 38.2 Å². The van der Waals surface area contributed by atoms with Crippen LogP contribution in [-0.2, 0) is 30.0 Å². The molecule has 2 fully saturated rings. The van der Waals surface area contributed by atoms with Crippen molar-refractivity contribution in [2.24, 2.45) is 11.8 Å². The number of cyclic esters (lactones) is 1. The fourth-order valence-corrected chi connectivity index (χ4v) is 10.4. The van der Waals surface area contributed by atoms with E-state index in [0.717, 1.165) is 38.0 Å². The van der Waals surface area contributed by atoms with Gasteiger partial charge in [0, 0.05) is 43.9 Å². The number of oxazole rings is 1. The zero-order chi connectivity index (χ0) is 43.2. The molecule has 4 heterocycles. The van der Waals surface area contributed by atoms with Crippen LogP contribution >= 0.6 is 0 Å². The number of ketones is 1. The number of esters is 1. The molecule has 4 rings (SSSR count). The van der Waals surface area contributed by atoms with Crippen LogP contribution in [0, 0.1) is 11.8 Å². The molecule has 1 aromatic heterocycles. The number of carbonyl (C=O) groups is 4. The van der Waals surface area contributed by atoms with Gasteiger partial charge in [0.15, 0.2) is 14.0 Å². The van der Waals surface area contributed by atoms with E-state index in [1.54, 1.807) is 4.90 Å². The van der Waals surface area contributed by atoms with Crippen molar-refractivity contribution in [2.75, 3.05) is 46.8 Å². The molecule has 0 spiro atoms. The third kappa shape index (κ3) is 12.9. The lowest BCUT2D eigenvalue weighted by Crippen LogP contribution is -2.49. The van der Waals surface area contributed by atoms with Crippen LogP contribution < -0.4 is 10.7 Å². The van der Waals surface area contributed by atoms with E-state index in [4.69, 9.17) is 18.6 Å². The smallest absolute Gasteiger partial charge is 0.329 e. The fraction of sp³-hybridized carbons (Fsp3) is 0.705. The second kappa shape index (κ2) is 19.9. The Bertz CT molecular complexity index is 1700. The van der Waals surface area contributed by atoms with Gasteiger partial charge < -0.3 is 33.6 Å². The van der Waals surface area contributed by atoms with Crippen molar-refractivity contribution in [3.63, 3.8) is 0 Å². The lowest BCUT2D eigenvalue weighted by Gasteiger charge is -2.38. The van der Waals surface area contributed by atoms with Crippen molar-refractivity contribution in [2.45, 2.75) is 142 Å². The van der Waals surface area contributed by atoms with Gasteiger partial charge in [0.1, 0.15) is 31.4 Å². The molecule has 58 heavy (non-hydrogen) atoms. The van der Waals surface area contributed by atoms with Crippen molar-refractivity contribution in [1.82, 2.24) is 25.0 Å². The van der Waals surface area contributed by atoms with E-state index in [9.17, 15) is 19.2 Å². The summed E-state index contributed by atoms with van der Waals surface area (Å²) < 4.78 is 19.5. The van der Waals surface area contributed by atoms with Gasteiger partial charge in [0.2, 0.25) is 11.8 Å². The summed E-state index contributed by atoms with van der Waals surface area (Å²) in [5.41, 5.74) is 1.09. The number of allylic oxidation sites excluding steroid dienone is 2. The van der Waals surface area contributed by atoms with E-state index in [0.29, 0.717) is 37.4 Å². The summed E-state index contributed by atoms with van der Waals surface area (Å²) in [7, 11) is -0.298. The molecule has 2 bridgehead atoms. The highest BCUT2D eigenvalue weighted by Gasteiger charge is 2.43. The number of carbonyl (C=O) groups excluding carboxylic acids is 4. The minimum Gasteiger partial charge on any atom is -0.460 e. The normalized spacial score (nSPS) is 27.4. The molecule has 1 aromatic rings. The van der Waals surface area contributed by atoms with Gasteiger partial charge in [-0.05, 0) is 84.0 Å². The average Bonchev–Trinajstić information content (AvgIpc) is 3.78. The molecule has 5 atom stereocenters. The molecule has 12 nitrogen and oxygen atoms in total. The standard InChI is InChI=1S/C44H73N5O7Si2/c1-30-16-14-22-45-37(51)19-18-31(2)40(32(3)29-48-24-20-33(21-25-48)47(7)8)55-42(53)36-17-15-23-49(36)41(52)39-43(57(9,10)11)54-38(46-39)28-34(50)27-35(26-30)56-58(12,13)44(4,5)6/h14,16,18-19,26,31-33,35-36,40H,15,17,20-25,27-29H2,1-13H3,(H,45,51)/b16-14+,19-18+,30-26+/t31-,32+,35?,36-,40+/m1/s1. The van der Waals surface area contributed by atoms with E-state index in [-0.39, 0.29) is 58.9 Å². The SMILES string of the molecule is CC1=C\C(O[Si](C)(C)C(C)(C)C)CC(=O)Cc2nc(c([Si](C)(C)C)o2)C(=O)N2CCC[C@@H]2C(=O)O[C@H]([C@@H](C)CN2CCC(N(C)C)CC2)[C@H](C)/C=C/C(=O)NC\C=C\1. The Labute approximate surface area is 350 Å². The van der Waals surface area contributed by atoms with E-state index < -0.39 is 40.6 Å². The molecular weight excluding hydrogens is 767 g/mol. The zero-order valence-electron chi connectivity index (χ0n) is 37.8. The number of Topliss-reactive ketones (excluding diaryl/α,β-unsaturated/α-hetero) is 1. The van der Waals surface area contributed by atoms with Crippen LogP contribution in [0.3, 0.4) is 0 Å². The molecule has 0 saturated carbocycles. The van der Waals surface area contributed by atoms with Crippen LogP contribution in [0.25, 0.3) is 0 Å². The maximum Gasteiger partial charge on any atom is 0.329 e. The molecule has 1 unspecified atom stereocenters. The molecule has 324 valence electrons. The number of likely N-dealkylation sites (tertiary alicyclic amines) is 1. The molecule has 0 radical (unpaired) electrons. The van der Waals surface area contributed by atoms with Crippen molar-refractivity contribution < 1.29 is 32.8 Å². The van der Waals surface area contributed by atoms with Gasteiger partial charge in [0.25, 0.3) is 5.91 Å². The molecule has 1 N–H and O–H groups in total.